The lowest BCUT2D eigenvalue weighted by atomic mass is 9.82. The highest BCUT2D eigenvalue weighted by Crippen LogP contribution is 2.54. The number of rotatable bonds is 5. The van der Waals surface area contributed by atoms with E-state index in [1.807, 2.05) is 12.1 Å². The van der Waals surface area contributed by atoms with Crippen LogP contribution in [0.15, 0.2) is 217 Å². The van der Waals surface area contributed by atoms with Crippen molar-refractivity contribution in [2.45, 2.75) is 19.3 Å². The van der Waals surface area contributed by atoms with Gasteiger partial charge in [-0.1, -0.05) is 159 Å². The van der Waals surface area contributed by atoms with Gasteiger partial charge in [0.1, 0.15) is 22.7 Å². The quantitative estimate of drug-likeness (QED) is 0.173. The summed E-state index contributed by atoms with van der Waals surface area (Å²) in [5.74, 6) is 1.67. The van der Waals surface area contributed by atoms with Gasteiger partial charge in [-0.2, -0.15) is 0 Å². The molecule has 0 atom stereocenters. The molecule has 13 rings (SSSR count). The van der Waals surface area contributed by atoms with Gasteiger partial charge in [-0.15, -0.1) is 0 Å². The summed E-state index contributed by atoms with van der Waals surface area (Å²) in [6.45, 7) is 4.70. The van der Waals surface area contributed by atoms with E-state index in [0.717, 1.165) is 95.0 Å². The molecule has 3 heteroatoms. The average molecular weight is 820 g/mol. The van der Waals surface area contributed by atoms with Crippen molar-refractivity contribution in [1.82, 2.24) is 0 Å². The topological polar surface area (TPSA) is 25.6 Å². The Kier molecular flexibility index (Phi) is 7.95. The van der Waals surface area contributed by atoms with E-state index in [2.05, 4.69) is 219 Å². The number of anilines is 3. The van der Waals surface area contributed by atoms with Crippen LogP contribution in [0.4, 0.5) is 17.1 Å². The van der Waals surface area contributed by atoms with E-state index >= 15 is 0 Å². The Labute approximate surface area is 372 Å². The first-order chi connectivity index (χ1) is 31.5. The number of benzene rings is 10. The molecule has 1 aliphatic heterocycles. The van der Waals surface area contributed by atoms with Gasteiger partial charge in [0.05, 0.1) is 0 Å². The SMILES string of the molecule is CC1(C)c2ccccc2-c2ccc(N(c3ccc(-c4cccc5c4oc4ccccc45)cc3)c3ccc4c(c3)-c3cc5ccccc5cc3-c3c(cccc3-c3ccccc3)O4)cc21. The molecular weight excluding hydrogens is 779 g/mol. The lowest BCUT2D eigenvalue weighted by Crippen LogP contribution is -2.16. The first-order valence-electron chi connectivity index (χ1n) is 22.1. The van der Waals surface area contributed by atoms with Crippen molar-refractivity contribution >= 4 is 49.8 Å². The summed E-state index contributed by atoms with van der Waals surface area (Å²) in [6.07, 6.45) is 0. The minimum absolute atomic E-state index is 0.160. The number of fused-ring (bicyclic) bond motifs is 12. The summed E-state index contributed by atoms with van der Waals surface area (Å²) in [5.41, 5.74) is 19.0. The molecule has 11 aromatic rings. The van der Waals surface area contributed by atoms with Gasteiger partial charge in [0.25, 0.3) is 0 Å². The molecule has 64 heavy (non-hydrogen) atoms. The van der Waals surface area contributed by atoms with Crippen LogP contribution in [0, 0.1) is 0 Å². The molecule has 302 valence electrons. The predicted molar refractivity (Wildman–Crippen MR) is 265 cm³/mol. The molecule has 0 amide bonds. The molecule has 1 aliphatic carbocycles. The maximum Gasteiger partial charge on any atom is 0.143 e. The molecule has 0 unspecified atom stereocenters. The maximum atomic E-state index is 7.04. The standard InChI is InChI=1S/C61H41NO2/c1-61(2)54-23-10-8-18-47(54)48-32-30-44(37-55(48)61)62(42-28-26-39(27-29-42)46-21-12-22-50-49-19-9-11-24-56(49)64-60(46)50)43-31-33-57-52(36-43)51-34-40-16-6-7-17-41(40)35-53(51)59-45(20-13-25-58(59)63-57)38-14-4-3-5-15-38/h3-37H,1-2H3. The Morgan fingerprint density at radius 2 is 1.00 bits per heavy atom. The Hall–Kier alpha value is -8.14. The Bertz CT molecular complexity index is 3670. The monoisotopic (exact) mass is 819 g/mol. The van der Waals surface area contributed by atoms with Crippen molar-refractivity contribution < 1.29 is 9.15 Å². The van der Waals surface area contributed by atoms with Crippen LogP contribution in [0.5, 0.6) is 11.5 Å². The summed E-state index contributed by atoms with van der Waals surface area (Å²) in [7, 11) is 0. The zero-order valence-electron chi connectivity index (χ0n) is 35.5. The van der Waals surface area contributed by atoms with Crippen LogP contribution in [0.3, 0.4) is 0 Å². The van der Waals surface area contributed by atoms with Gasteiger partial charge in [-0.3, -0.25) is 0 Å². The van der Waals surface area contributed by atoms with Crippen molar-refractivity contribution in [1.29, 1.82) is 0 Å². The van der Waals surface area contributed by atoms with Gasteiger partial charge in [-0.05, 0) is 128 Å². The zero-order valence-corrected chi connectivity index (χ0v) is 35.5. The molecule has 10 aromatic carbocycles. The molecule has 2 heterocycles. The minimum atomic E-state index is -0.160. The molecular formula is C61H41NO2. The van der Waals surface area contributed by atoms with Crippen molar-refractivity contribution in [2.24, 2.45) is 0 Å². The van der Waals surface area contributed by atoms with Crippen LogP contribution < -0.4 is 9.64 Å². The van der Waals surface area contributed by atoms with E-state index in [4.69, 9.17) is 9.15 Å². The summed E-state index contributed by atoms with van der Waals surface area (Å²) in [4.78, 5) is 2.40. The third-order valence-electron chi connectivity index (χ3n) is 13.7. The summed E-state index contributed by atoms with van der Waals surface area (Å²) < 4.78 is 13.5. The van der Waals surface area contributed by atoms with E-state index in [0.29, 0.717) is 0 Å². The van der Waals surface area contributed by atoms with Gasteiger partial charge in [0.2, 0.25) is 0 Å². The second-order valence-corrected chi connectivity index (χ2v) is 17.6. The fraction of sp³-hybridized carbons (Fsp3) is 0.0492. The lowest BCUT2D eigenvalue weighted by Gasteiger charge is -2.29. The highest BCUT2D eigenvalue weighted by atomic mass is 16.5. The summed E-state index contributed by atoms with van der Waals surface area (Å²) >= 11 is 0. The molecule has 0 fully saturated rings. The Morgan fingerprint density at radius 1 is 0.375 bits per heavy atom. The number of ether oxygens (including phenoxy) is 1. The largest absolute Gasteiger partial charge is 0.456 e. The third kappa shape index (κ3) is 5.54. The van der Waals surface area contributed by atoms with Gasteiger partial charge in [-0.25, -0.2) is 0 Å². The second kappa shape index (κ2) is 13.9. The molecule has 0 radical (unpaired) electrons. The molecule has 1 aromatic heterocycles. The van der Waals surface area contributed by atoms with Crippen molar-refractivity contribution in [2.75, 3.05) is 4.90 Å². The smallest absolute Gasteiger partial charge is 0.143 e. The Balaban J connectivity index is 1.01. The fourth-order valence-corrected chi connectivity index (χ4v) is 10.5. The minimum Gasteiger partial charge on any atom is -0.456 e. The van der Waals surface area contributed by atoms with Crippen LogP contribution in [-0.2, 0) is 5.41 Å². The maximum absolute atomic E-state index is 7.04. The highest BCUT2D eigenvalue weighted by molar-refractivity contribution is 6.10. The third-order valence-corrected chi connectivity index (χ3v) is 13.7. The molecule has 2 aliphatic rings. The van der Waals surface area contributed by atoms with E-state index in [1.165, 1.54) is 33.0 Å². The Morgan fingerprint density at radius 3 is 1.86 bits per heavy atom. The first kappa shape index (κ1) is 36.5. The number of furan rings is 1. The van der Waals surface area contributed by atoms with E-state index in [-0.39, 0.29) is 5.41 Å². The van der Waals surface area contributed by atoms with Gasteiger partial charge >= 0.3 is 0 Å². The van der Waals surface area contributed by atoms with Crippen molar-refractivity contribution in [3.63, 3.8) is 0 Å². The van der Waals surface area contributed by atoms with E-state index < -0.39 is 0 Å². The number of hydrogen-bond acceptors (Lipinski definition) is 3. The molecule has 0 spiro atoms. The van der Waals surface area contributed by atoms with Crippen LogP contribution in [0.1, 0.15) is 25.0 Å². The van der Waals surface area contributed by atoms with Crippen LogP contribution in [-0.4, -0.2) is 0 Å². The van der Waals surface area contributed by atoms with E-state index in [9.17, 15) is 0 Å². The second-order valence-electron chi connectivity index (χ2n) is 17.6. The average Bonchev–Trinajstić information content (AvgIpc) is 3.79. The van der Waals surface area contributed by atoms with Crippen molar-refractivity contribution in [3.8, 4) is 67.1 Å². The van der Waals surface area contributed by atoms with Gasteiger partial charge in [0, 0.05) is 49.9 Å². The molecule has 0 bridgehead atoms. The summed E-state index contributed by atoms with van der Waals surface area (Å²) in [6, 6.07) is 76.6. The van der Waals surface area contributed by atoms with Crippen LogP contribution in [0.2, 0.25) is 0 Å². The molecule has 0 saturated carbocycles. The fourth-order valence-electron chi connectivity index (χ4n) is 10.5. The van der Waals surface area contributed by atoms with Crippen molar-refractivity contribution in [3.05, 3.63) is 223 Å². The zero-order chi connectivity index (χ0) is 42.5. The highest BCUT2D eigenvalue weighted by Gasteiger charge is 2.36. The van der Waals surface area contributed by atoms with Crippen LogP contribution >= 0.6 is 0 Å². The van der Waals surface area contributed by atoms with Crippen LogP contribution in [0.25, 0.3) is 88.3 Å². The first-order valence-corrected chi connectivity index (χ1v) is 22.1. The van der Waals surface area contributed by atoms with E-state index in [1.54, 1.807) is 0 Å². The number of para-hydroxylation sites is 2. The van der Waals surface area contributed by atoms with Gasteiger partial charge in [0.15, 0.2) is 0 Å². The molecule has 3 nitrogen and oxygen atoms in total. The molecule has 0 N–H and O–H groups in total. The number of nitrogens with zero attached hydrogens (tertiary/aromatic N) is 1. The van der Waals surface area contributed by atoms with Gasteiger partial charge < -0.3 is 14.1 Å². The normalized spacial score (nSPS) is 13.1. The number of hydrogen-bond donors (Lipinski definition) is 0. The lowest BCUT2D eigenvalue weighted by molar-refractivity contribution is 0.488. The predicted octanol–water partition coefficient (Wildman–Crippen LogP) is 17.3. The summed E-state index contributed by atoms with van der Waals surface area (Å²) in [5, 5.41) is 4.63. The molecule has 0 saturated heterocycles.